The predicted octanol–water partition coefficient (Wildman–Crippen LogP) is 3.66. The SMILES string of the molecule is COc1ccc(CCN(CCC#N)c2ccccc2)cc1. The van der Waals surface area contributed by atoms with Gasteiger partial charge in [-0.15, -0.1) is 0 Å². The summed E-state index contributed by atoms with van der Waals surface area (Å²) in [6, 6.07) is 20.6. The first-order chi connectivity index (χ1) is 10.3. The first-order valence-electron chi connectivity index (χ1n) is 7.13. The first-order valence-corrected chi connectivity index (χ1v) is 7.13. The van der Waals surface area contributed by atoms with E-state index in [1.807, 2.05) is 30.3 Å². The van der Waals surface area contributed by atoms with E-state index in [1.165, 1.54) is 11.3 Å². The van der Waals surface area contributed by atoms with Gasteiger partial charge in [-0.3, -0.25) is 0 Å². The van der Waals surface area contributed by atoms with Gasteiger partial charge in [0, 0.05) is 18.8 Å². The van der Waals surface area contributed by atoms with Crippen molar-refractivity contribution >= 4 is 5.69 Å². The lowest BCUT2D eigenvalue weighted by Gasteiger charge is -2.24. The maximum atomic E-state index is 8.81. The fourth-order valence-corrected chi connectivity index (χ4v) is 2.25. The summed E-state index contributed by atoms with van der Waals surface area (Å²) in [4.78, 5) is 2.26. The molecule has 0 bridgehead atoms. The predicted molar refractivity (Wildman–Crippen MR) is 85.6 cm³/mol. The van der Waals surface area contributed by atoms with Gasteiger partial charge < -0.3 is 9.64 Å². The summed E-state index contributed by atoms with van der Waals surface area (Å²) < 4.78 is 5.17. The van der Waals surface area contributed by atoms with Crippen LogP contribution in [-0.4, -0.2) is 20.2 Å². The van der Waals surface area contributed by atoms with E-state index in [0.717, 1.165) is 25.3 Å². The molecule has 0 aliphatic heterocycles. The highest BCUT2D eigenvalue weighted by molar-refractivity contribution is 5.46. The average Bonchev–Trinajstić information content (AvgIpc) is 2.56. The van der Waals surface area contributed by atoms with Crippen molar-refractivity contribution in [1.82, 2.24) is 0 Å². The number of nitrogens with zero attached hydrogens (tertiary/aromatic N) is 2. The number of ether oxygens (including phenoxy) is 1. The molecule has 0 aliphatic carbocycles. The fourth-order valence-electron chi connectivity index (χ4n) is 2.25. The van der Waals surface area contributed by atoms with Crippen LogP contribution in [0.25, 0.3) is 0 Å². The number of methoxy groups -OCH3 is 1. The van der Waals surface area contributed by atoms with Crippen LogP contribution >= 0.6 is 0 Å². The van der Waals surface area contributed by atoms with Crippen molar-refractivity contribution in [3.63, 3.8) is 0 Å². The molecule has 2 rings (SSSR count). The summed E-state index contributed by atoms with van der Waals surface area (Å²) >= 11 is 0. The maximum absolute atomic E-state index is 8.81. The molecule has 0 N–H and O–H groups in total. The van der Waals surface area contributed by atoms with Gasteiger partial charge in [0.05, 0.1) is 19.6 Å². The Hall–Kier alpha value is -2.47. The fraction of sp³-hybridized carbons (Fsp3) is 0.278. The normalized spacial score (nSPS) is 9.90. The second-order valence-electron chi connectivity index (χ2n) is 4.83. The molecule has 3 heteroatoms. The Labute approximate surface area is 126 Å². The van der Waals surface area contributed by atoms with Crippen LogP contribution in [-0.2, 0) is 6.42 Å². The minimum Gasteiger partial charge on any atom is -0.497 e. The first kappa shape index (κ1) is 14.9. The van der Waals surface area contributed by atoms with E-state index in [9.17, 15) is 0 Å². The van der Waals surface area contributed by atoms with Crippen molar-refractivity contribution in [3.05, 3.63) is 60.2 Å². The van der Waals surface area contributed by atoms with Crippen LogP contribution in [0.15, 0.2) is 54.6 Å². The van der Waals surface area contributed by atoms with Crippen molar-refractivity contribution in [3.8, 4) is 11.8 Å². The van der Waals surface area contributed by atoms with E-state index in [0.29, 0.717) is 6.42 Å². The topological polar surface area (TPSA) is 36.3 Å². The molecule has 0 unspecified atom stereocenters. The van der Waals surface area contributed by atoms with Gasteiger partial charge in [0.2, 0.25) is 0 Å². The standard InChI is InChI=1S/C18H20N2O/c1-21-18-10-8-16(9-11-18)12-15-20(14-5-13-19)17-6-3-2-4-7-17/h2-4,6-11H,5,12,14-15H2,1H3. The minimum absolute atomic E-state index is 0.539. The highest BCUT2D eigenvalue weighted by atomic mass is 16.5. The molecule has 0 radical (unpaired) electrons. The summed E-state index contributed by atoms with van der Waals surface area (Å²) in [6.45, 7) is 1.66. The molecule has 21 heavy (non-hydrogen) atoms. The van der Waals surface area contributed by atoms with E-state index in [1.54, 1.807) is 7.11 Å². The lowest BCUT2D eigenvalue weighted by Crippen LogP contribution is -2.26. The summed E-state index contributed by atoms with van der Waals surface area (Å²) in [7, 11) is 1.67. The van der Waals surface area contributed by atoms with Gasteiger partial charge >= 0.3 is 0 Å². The number of rotatable bonds is 7. The Morgan fingerprint density at radius 3 is 2.33 bits per heavy atom. The number of nitriles is 1. The molecule has 0 spiro atoms. The summed E-state index contributed by atoms with van der Waals surface area (Å²) in [5.41, 5.74) is 2.44. The smallest absolute Gasteiger partial charge is 0.118 e. The Kier molecular flexibility index (Phi) is 5.66. The molecule has 0 amide bonds. The van der Waals surface area contributed by atoms with E-state index in [-0.39, 0.29) is 0 Å². The maximum Gasteiger partial charge on any atom is 0.118 e. The van der Waals surface area contributed by atoms with Gasteiger partial charge in [0.15, 0.2) is 0 Å². The molecule has 3 nitrogen and oxygen atoms in total. The van der Waals surface area contributed by atoms with Gasteiger partial charge in [0.25, 0.3) is 0 Å². The van der Waals surface area contributed by atoms with E-state index in [2.05, 4.69) is 35.2 Å². The Morgan fingerprint density at radius 2 is 1.71 bits per heavy atom. The Balaban J connectivity index is 1.99. The molecule has 2 aromatic carbocycles. The molecule has 0 aromatic heterocycles. The third-order valence-electron chi connectivity index (χ3n) is 3.44. The second kappa shape index (κ2) is 7.96. The number of hydrogen-bond donors (Lipinski definition) is 0. The zero-order valence-corrected chi connectivity index (χ0v) is 12.3. The van der Waals surface area contributed by atoms with Gasteiger partial charge in [-0.2, -0.15) is 5.26 Å². The van der Waals surface area contributed by atoms with Crippen molar-refractivity contribution in [2.45, 2.75) is 12.8 Å². The van der Waals surface area contributed by atoms with Crippen LogP contribution in [0.3, 0.4) is 0 Å². The summed E-state index contributed by atoms with van der Waals surface area (Å²) in [6.07, 6.45) is 1.49. The van der Waals surface area contributed by atoms with Crippen LogP contribution < -0.4 is 9.64 Å². The zero-order chi connectivity index (χ0) is 14.9. The molecule has 0 aliphatic rings. The minimum atomic E-state index is 0.539. The summed E-state index contributed by atoms with van der Waals surface area (Å²) in [5, 5.41) is 8.81. The van der Waals surface area contributed by atoms with Crippen molar-refractivity contribution in [1.29, 1.82) is 5.26 Å². The molecule has 0 fully saturated rings. The number of anilines is 1. The van der Waals surface area contributed by atoms with Crippen LogP contribution in [0.2, 0.25) is 0 Å². The molecule has 0 heterocycles. The lowest BCUT2D eigenvalue weighted by molar-refractivity contribution is 0.414. The molecular formula is C18H20N2O. The molecule has 0 saturated carbocycles. The van der Waals surface area contributed by atoms with E-state index in [4.69, 9.17) is 10.00 Å². The quantitative estimate of drug-likeness (QED) is 0.776. The van der Waals surface area contributed by atoms with Crippen LogP contribution in [0, 0.1) is 11.3 Å². The average molecular weight is 280 g/mol. The molecule has 2 aromatic rings. The number of para-hydroxylation sites is 1. The third kappa shape index (κ3) is 4.54. The van der Waals surface area contributed by atoms with Gasteiger partial charge in [-0.05, 0) is 36.2 Å². The van der Waals surface area contributed by atoms with Crippen molar-refractivity contribution < 1.29 is 4.74 Å². The van der Waals surface area contributed by atoms with Crippen LogP contribution in [0.1, 0.15) is 12.0 Å². The molecule has 108 valence electrons. The largest absolute Gasteiger partial charge is 0.497 e. The van der Waals surface area contributed by atoms with Crippen molar-refractivity contribution in [2.24, 2.45) is 0 Å². The molecular weight excluding hydrogens is 260 g/mol. The monoisotopic (exact) mass is 280 g/mol. The Morgan fingerprint density at radius 1 is 1.00 bits per heavy atom. The molecule has 0 atom stereocenters. The zero-order valence-electron chi connectivity index (χ0n) is 12.3. The third-order valence-corrected chi connectivity index (χ3v) is 3.44. The van der Waals surface area contributed by atoms with E-state index < -0.39 is 0 Å². The Bertz CT molecular complexity index is 572. The van der Waals surface area contributed by atoms with Crippen LogP contribution in [0.5, 0.6) is 5.75 Å². The van der Waals surface area contributed by atoms with Gasteiger partial charge in [-0.1, -0.05) is 30.3 Å². The highest BCUT2D eigenvalue weighted by Gasteiger charge is 2.06. The van der Waals surface area contributed by atoms with Gasteiger partial charge in [-0.25, -0.2) is 0 Å². The molecule has 0 saturated heterocycles. The van der Waals surface area contributed by atoms with Gasteiger partial charge in [0.1, 0.15) is 5.75 Å². The lowest BCUT2D eigenvalue weighted by atomic mass is 10.1. The highest BCUT2D eigenvalue weighted by Crippen LogP contribution is 2.16. The summed E-state index contributed by atoms with van der Waals surface area (Å²) in [5.74, 6) is 0.878. The van der Waals surface area contributed by atoms with Crippen molar-refractivity contribution in [2.75, 3.05) is 25.1 Å². The van der Waals surface area contributed by atoms with Crippen LogP contribution in [0.4, 0.5) is 5.69 Å². The number of benzene rings is 2. The second-order valence-corrected chi connectivity index (χ2v) is 4.83. The van der Waals surface area contributed by atoms with E-state index >= 15 is 0 Å². The number of hydrogen-bond acceptors (Lipinski definition) is 3.